The molecule has 1 aliphatic carbocycles. The number of amides is 2. The van der Waals surface area contributed by atoms with E-state index in [9.17, 15) is 9.59 Å². The molecule has 2 amide bonds. The molecule has 2 unspecified atom stereocenters. The van der Waals surface area contributed by atoms with Crippen molar-refractivity contribution in [1.29, 1.82) is 0 Å². The summed E-state index contributed by atoms with van der Waals surface area (Å²) in [7, 11) is 0. The Labute approximate surface area is 129 Å². The lowest BCUT2D eigenvalue weighted by Gasteiger charge is -2.41. The highest BCUT2D eigenvalue weighted by Gasteiger charge is 2.43. The standard InChI is InChI=1S/C16H22N2O2S/c1-2-13-15(19)17-14(11-6-4-3-5-7-11)16(20)18(13)12-8-9-21-10-12/h8-11,13-14H,2-7H2,1H3,(H,17,19). The zero-order valence-electron chi connectivity index (χ0n) is 12.4. The molecule has 0 spiro atoms. The Hall–Kier alpha value is -1.36. The molecule has 5 heteroatoms. The average Bonchev–Trinajstić information content (AvgIpc) is 3.03. The molecule has 2 fully saturated rings. The molecule has 3 rings (SSSR count). The third kappa shape index (κ3) is 2.71. The Balaban J connectivity index is 1.88. The second-order valence-electron chi connectivity index (χ2n) is 6.00. The van der Waals surface area contributed by atoms with Crippen LogP contribution in [0.25, 0.3) is 0 Å². The fourth-order valence-electron chi connectivity index (χ4n) is 3.59. The Morgan fingerprint density at radius 2 is 2.05 bits per heavy atom. The van der Waals surface area contributed by atoms with Gasteiger partial charge in [-0.15, -0.1) is 0 Å². The van der Waals surface area contributed by atoms with Gasteiger partial charge in [0, 0.05) is 5.38 Å². The van der Waals surface area contributed by atoms with Gasteiger partial charge in [0.2, 0.25) is 5.91 Å². The summed E-state index contributed by atoms with van der Waals surface area (Å²) in [4.78, 5) is 27.1. The third-order valence-corrected chi connectivity index (χ3v) is 5.38. The largest absolute Gasteiger partial charge is 0.342 e. The van der Waals surface area contributed by atoms with Gasteiger partial charge in [0.15, 0.2) is 0 Å². The smallest absolute Gasteiger partial charge is 0.250 e. The number of anilines is 1. The lowest BCUT2D eigenvalue weighted by Crippen LogP contribution is -2.65. The highest BCUT2D eigenvalue weighted by molar-refractivity contribution is 7.08. The molecule has 2 atom stereocenters. The molecule has 4 nitrogen and oxygen atoms in total. The van der Waals surface area contributed by atoms with Gasteiger partial charge in [0.25, 0.3) is 5.91 Å². The van der Waals surface area contributed by atoms with Crippen LogP contribution in [0.5, 0.6) is 0 Å². The van der Waals surface area contributed by atoms with E-state index >= 15 is 0 Å². The molecule has 114 valence electrons. The molecule has 1 aromatic rings. The number of piperazine rings is 1. The van der Waals surface area contributed by atoms with E-state index in [1.165, 1.54) is 19.3 Å². The van der Waals surface area contributed by atoms with Gasteiger partial charge in [-0.25, -0.2) is 0 Å². The van der Waals surface area contributed by atoms with Gasteiger partial charge in [-0.3, -0.25) is 14.5 Å². The Kier molecular flexibility index (Phi) is 4.29. The number of nitrogens with zero attached hydrogens (tertiary/aromatic N) is 1. The van der Waals surface area contributed by atoms with Crippen LogP contribution >= 0.6 is 11.3 Å². The predicted octanol–water partition coefficient (Wildman–Crippen LogP) is 2.94. The van der Waals surface area contributed by atoms with E-state index in [1.54, 1.807) is 16.2 Å². The number of nitrogens with one attached hydrogen (secondary N) is 1. The van der Waals surface area contributed by atoms with Crippen molar-refractivity contribution in [2.75, 3.05) is 4.90 Å². The molecule has 1 aliphatic heterocycles. The highest BCUT2D eigenvalue weighted by atomic mass is 32.1. The number of carbonyl (C=O) groups is 2. The first-order chi connectivity index (χ1) is 10.2. The predicted molar refractivity (Wildman–Crippen MR) is 84.4 cm³/mol. The van der Waals surface area contributed by atoms with Crippen molar-refractivity contribution >= 4 is 28.8 Å². The van der Waals surface area contributed by atoms with Crippen LogP contribution in [0.3, 0.4) is 0 Å². The quantitative estimate of drug-likeness (QED) is 0.933. The second-order valence-corrected chi connectivity index (χ2v) is 6.78. The van der Waals surface area contributed by atoms with Crippen LogP contribution < -0.4 is 10.2 Å². The maximum absolute atomic E-state index is 13.0. The molecule has 1 saturated carbocycles. The van der Waals surface area contributed by atoms with Crippen LogP contribution in [-0.4, -0.2) is 23.9 Å². The first-order valence-electron chi connectivity index (χ1n) is 7.88. The summed E-state index contributed by atoms with van der Waals surface area (Å²) < 4.78 is 0. The molecule has 2 heterocycles. The normalized spacial score (nSPS) is 27.8. The summed E-state index contributed by atoms with van der Waals surface area (Å²) in [6.07, 6.45) is 6.32. The van der Waals surface area contributed by atoms with Gasteiger partial charge >= 0.3 is 0 Å². The van der Waals surface area contributed by atoms with Crippen molar-refractivity contribution in [1.82, 2.24) is 5.32 Å². The number of thiophene rings is 1. The van der Waals surface area contributed by atoms with E-state index in [4.69, 9.17) is 0 Å². The second kappa shape index (κ2) is 6.18. The van der Waals surface area contributed by atoms with Crippen LogP contribution in [0, 0.1) is 5.92 Å². The number of hydrogen-bond donors (Lipinski definition) is 1. The zero-order chi connectivity index (χ0) is 14.8. The summed E-state index contributed by atoms with van der Waals surface area (Å²) >= 11 is 1.56. The monoisotopic (exact) mass is 306 g/mol. The summed E-state index contributed by atoms with van der Waals surface area (Å²) in [6.45, 7) is 1.96. The summed E-state index contributed by atoms with van der Waals surface area (Å²) in [5.41, 5.74) is 0.868. The fourth-order valence-corrected chi connectivity index (χ4v) is 4.22. The lowest BCUT2D eigenvalue weighted by atomic mass is 9.82. The fraction of sp³-hybridized carbons (Fsp3) is 0.625. The van der Waals surface area contributed by atoms with E-state index < -0.39 is 0 Å². The van der Waals surface area contributed by atoms with Crippen molar-refractivity contribution < 1.29 is 9.59 Å². The van der Waals surface area contributed by atoms with Crippen molar-refractivity contribution in [2.24, 2.45) is 5.92 Å². The summed E-state index contributed by atoms with van der Waals surface area (Å²) in [5.74, 6) is 0.375. The lowest BCUT2D eigenvalue weighted by molar-refractivity contribution is -0.135. The van der Waals surface area contributed by atoms with Crippen LogP contribution in [0.4, 0.5) is 5.69 Å². The minimum Gasteiger partial charge on any atom is -0.342 e. The summed E-state index contributed by atoms with van der Waals surface area (Å²) in [6, 6.07) is 1.23. The topological polar surface area (TPSA) is 49.4 Å². The molecule has 21 heavy (non-hydrogen) atoms. The van der Waals surface area contributed by atoms with Gasteiger partial charge in [-0.1, -0.05) is 26.2 Å². The van der Waals surface area contributed by atoms with Gasteiger partial charge in [-0.2, -0.15) is 11.3 Å². The van der Waals surface area contributed by atoms with Gasteiger partial charge in [0.05, 0.1) is 5.69 Å². The first kappa shape index (κ1) is 14.6. The Morgan fingerprint density at radius 1 is 1.29 bits per heavy atom. The molecule has 1 N–H and O–H groups in total. The molecular weight excluding hydrogens is 284 g/mol. The average molecular weight is 306 g/mol. The minimum absolute atomic E-state index is 0.00104. The third-order valence-electron chi connectivity index (χ3n) is 4.71. The maximum atomic E-state index is 13.0. The zero-order valence-corrected chi connectivity index (χ0v) is 13.2. The SMILES string of the molecule is CCC1C(=O)NC(C2CCCCC2)C(=O)N1c1ccsc1. The molecule has 0 aromatic carbocycles. The number of hydrogen-bond acceptors (Lipinski definition) is 3. The van der Waals surface area contributed by atoms with Crippen molar-refractivity contribution in [3.8, 4) is 0 Å². The van der Waals surface area contributed by atoms with E-state index in [-0.39, 0.29) is 23.9 Å². The minimum atomic E-state index is -0.369. The van der Waals surface area contributed by atoms with E-state index in [1.807, 2.05) is 23.8 Å². The molecule has 0 bridgehead atoms. The Morgan fingerprint density at radius 3 is 2.67 bits per heavy atom. The first-order valence-corrected chi connectivity index (χ1v) is 8.82. The van der Waals surface area contributed by atoms with E-state index in [0.29, 0.717) is 12.3 Å². The van der Waals surface area contributed by atoms with Crippen LogP contribution in [0.1, 0.15) is 45.4 Å². The van der Waals surface area contributed by atoms with Crippen LogP contribution in [0.2, 0.25) is 0 Å². The number of carbonyl (C=O) groups excluding carboxylic acids is 2. The molecule has 2 aliphatic rings. The van der Waals surface area contributed by atoms with Gasteiger partial charge in [-0.05, 0) is 36.6 Å². The molecular formula is C16H22N2O2S. The van der Waals surface area contributed by atoms with Gasteiger partial charge < -0.3 is 5.32 Å². The summed E-state index contributed by atoms with van der Waals surface area (Å²) in [5, 5.41) is 6.91. The molecule has 0 radical (unpaired) electrons. The van der Waals surface area contributed by atoms with Crippen molar-refractivity contribution in [3.05, 3.63) is 16.8 Å². The van der Waals surface area contributed by atoms with E-state index in [2.05, 4.69) is 5.32 Å². The van der Waals surface area contributed by atoms with Crippen LogP contribution in [0.15, 0.2) is 16.8 Å². The van der Waals surface area contributed by atoms with E-state index in [0.717, 1.165) is 18.5 Å². The van der Waals surface area contributed by atoms with Crippen molar-refractivity contribution in [2.45, 2.75) is 57.5 Å². The maximum Gasteiger partial charge on any atom is 0.250 e. The Bertz CT molecular complexity index is 508. The van der Waals surface area contributed by atoms with Crippen LogP contribution in [-0.2, 0) is 9.59 Å². The number of rotatable bonds is 3. The molecule has 1 saturated heterocycles. The molecule has 1 aromatic heterocycles. The van der Waals surface area contributed by atoms with Gasteiger partial charge in [0.1, 0.15) is 12.1 Å². The van der Waals surface area contributed by atoms with Crippen molar-refractivity contribution in [3.63, 3.8) is 0 Å². The highest BCUT2D eigenvalue weighted by Crippen LogP contribution is 2.32.